The van der Waals surface area contributed by atoms with Crippen LogP contribution in [-0.4, -0.2) is 13.7 Å². The third kappa shape index (κ3) is 5.25. The van der Waals surface area contributed by atoms with Crippen LogP contribution in [0.25, 0.3) is 0 Å². The molecule has 0 unspecified atom stereocenters. The summed E-state index contributed by atoms with van der Waals surface area (Å²) in [4.78, 5) is 0. The molecule has 0 atom stereocenters. The Morgan fingerprint density at radius 1 is 1.08 bits per heavy atom. The highest BCUT2D eigenvalue weighted by atomic mass is 79.9. The molecule has 0 aliphatic heterocycles. The zero-order valence-electron chi connectivity index (χ0n) is 14.7. The predicted molar refractivity (Wildman–Crippen MR) is 103 cm³/mol. The first kappa shape index (κ1) is 18.8. The van der Waals surface area contributed by atoms with Gasteiger partial charge in [-0.15, -0.1) is 0 Å². The van der Waals surface area contributed by atoms with Gasteiger partial charge in [0.2, 0.25) is 0 Å². The van der Waals surface area contributed by atoms with Crippen molar-refractivity contribution in [2.75, 3.05) is 13.7 Å². The molecule has 2 aromatic carbocycles. The maximum Gasteiger partial charge on any atom is 0.167 e. The van der Waals surface area contributed by atoms with Crippen LogP contribution in [0.3, 0.4) is 0 Å². The molecule has 0 saturated heterocycles. The number of aryl methyl sites for hydroxylation is 1. The molecule has 0 aromatic heterocycles. The lowest BCUT2D eigenvalue weighted by molar-refractivity contribution is 0.280. The summed E-state index contributed by atoms with van der Waals surface area (Å²) in [6.45, 7) is 6.55. The SMILES string of the molecule is CCCCNCc1c(Br)ccc(OC)c1OCc1ccc(C)cc1. The zero-order valence-corrected chi connectivity index (χ0v) is 16.3. The van der Waals surface area contributed by atoms with Crippen molar-refractivity contribution in [3.05, 3.63) is 57.6 Å². The van der Waals surface area contributed by atoms with E-state index in [1.54, 1.807) is 7.11 Å². The van der Waals surface area contributed by atoms with Crippen LogP contribution in [0.1, 0.15) is 36.5 Å². The number of halogens is 1. The minimum absolute atomic E-state index is 0.523. The third-order valence-corrected chi connectivity index (χ3v) is 4.64. The Bertz CT molecular complexity index is 641. The number of ether oxygens (including phenoxy) is 2. The normalized spacial score (nSPS) is 10.7. The smallest absolute Gasteiger partial charge is 0.167 e. The first-order valence-corrected chi connectivity index (χ1v) is 9.19. The highest BCUT2D eigenvalue weighted by Gasteiger charge is 2.14. The van der Waals surface area contributed by atoms with Gasteiger partial charge in [0.25, 0.3) is 0 Å². The van der Waals surface area contributed by atoms with E-state index in [1.807, 2.05) is 12.1 Å². The number of nitrogens with one attached hydrogen (secondary N) is 1. The summed E-state index contributed by atoms with van der Waals surface area (Å²) in [5.41, 5.74) is 3.49. The van der Waals surface area contributed by atoms with Gasteiger partial charge in [0.1, 0.15) is 6.61 Å². The van der Waals surface area contributed by atoms with Crippen LogP contribution < -0.4 is 14.8 Å². The van der Waals surface area contributed by atoms with E-state index in [-0.39, 0.29) is 0 Å². The van der Waals surface area contributed by atoms with E-state index < -0.39 is 0 Å². The van der Waals surface area contributed by atoms with E-state index in [1.165, 1.54) is 18.4 Å². The first-order valence-electron chi connectivity index (χ1n) is 8.40. The van der Waals surface area contributed by atoms with Gasteiger partial charge in [-0.2, -0.15) is 0 Å². The number of benzene rings is 2. The number of hydrogen-bond donors (Lipinski definition) is 1. The minimum atomic E-state index is 0.523. The van der Waals surface area contributed by atoms with Crippen LogP contribution in [0.5, 0.6) is 11.5 Å². The molecular weight excluding hydrogens is 366 g/mol. The number of hydrogen-bond acceptors (Lipinski definition) is 3. The molecule has 0 fully saturated rings. The van der Waals surface area contributed by atoms with E-state index in [2.05, 4.69) is 59.4 Å². The third-order valence-electron chi connectivity index (χ3n) is 3.90. The lowest BCUT2D eigenvalue weighted by Gasteiger charge is -2.17. The maximum atomic E-state index is 6.13. The van der Waals surface area contributed by atoms with E-state index in [4.69, 9.17) is 9.47 Å². The lowest BCUT2D eigenvalue weighted by Crippen LogP contribution is -2.16. The molecule has 0 amide bonds. The summed E-state index contributed by atoms with van der Waals surface area (Å²) in [5, 5.41) is 3.48. The van der Waals surface area contributed by atoms with Gasteiger partial charge in [0, 0.05) is 16.6 Å². The summed E-state index contributed by atoms with van der Waals surface area (Å²) in [7, 11) is 1.68. The van der Waals surface area contributed by atoms with Gasteiger partial charge in [0.05, 0.1) is 7.11 Å². The van der Waals surface area contributed by atoms with Gasteiger partial charge >= 0.3 is 0 Å². The zero-order chi connectivity index (χ0) is 17.4. The topological polar surface area (TPSA) is 30.5 Å². The molecule has 0 saturated carbocycles. The summed E-state index contributed by atoms with van der Waals surface area (Å²) in [6.07, 6.45) is 2.35. The van der Waals surface area contributed by atoms with Crippen molar-refractivity contribution in [2.24, 2.45) is 0 Å². The van der Waals surface area contributed by atoms with Crippen molar-refractivity contribution in [3.63, 3.8) is 0 Å². The fourth-order valence-corrected chi connectivity index (χ4v) is 2.87. The van der Waals surface area contributed by atoms with Gasteiger partial charge in [-0.1, -0.05) is 59.1 Å². The van der Waals surface area contributed by atoms with Crippen molar-refractivity contribution in [1.29, 1.82) is 0 Å². The van der Waals surface area contributed by atoms with Crippen LogP contribution in [0.4, 0.5) is 0 Å². The fraction of sp³-hybridized carbons (Fsp3) is 0.400. The number of methoxy groups -OCH3 is 1. The van der Waals surface area contributed by atoms with Crippen molar-refractivity contribution < 1.29 is 9.47 Å². The molecular formula is C20H26BrNO2. The van der Waals surface area contributed by atoms with E-state index in [0.29, 0.717) is 6.61 Å². The number of unbranched alkanes of at least 4 members (excludes halogenated alkanes) is 1. The first-order chi connectivity index (χ1) is 11.7. The Morgan fingerprint density at radius 2 is 1.83 bits per heavy atom. The summed E-state index contributed by atoms with van der Waals surface area (Å²) in [5.74, 6) is 1.56. The summed E-state index contributed by atoms with van der Waals surface area (Å²) in [6, 6.07) is 12.3. The Morgan fingerprint density at radius 3 is 2.50 bits per heavy atom. The Kier molecular flexibility index (Phi) is 7.60. The van der Waals surface area contributed by atoms with Crippen LogP contribution >= 0.6 is 15.9 Å². The van der Waals surface area contributed by atoms with E-state index >= 15 is 0 Å². The van der Waals surface area contributed by atoms with Crippen molar-refractivity contribution in [2.45, 2.75) is 39.8 Å². The molecule has 0 spiro atoms. The van der Waals surface area contributed by atoms with Gasteiger partial charge in [0.15, 0.2) is 11.5 Å². The second-order valence-electron chi connectivity index (χ2n) is 5.86. The van der Waals surface area contributed by atoms with Gasteiger partial charge in [-0.25, -0.2) is 0 Å². The van der Waals surface area contributed by atoms with Gasteiger partial charge in [-0.05, 0) is 37.6 Å². The molecule has 24 heavy (non-hydrogen) atoms. The maximum absolute atomic E-state index is 6.13. The second-order valence-corrected chi connectivity index (χ2v) is 6.72. The Balaban J connectivity index is 2.15. The van der Waals surface area contributed by atoms with Crippen molar-refractivity contribution >= 4 is 15.9 Å². The average molecular weight is 392 g/mol. The molecule has 0 bridgehead atoms. The van der Waals surface area contributed by atoms with Crippen LogP contribution in [0.2, 0.25) is 0 Å². The molecule has 130 valence electrons. The van der Waals surface area contributed by atoms with E-state index in [9.17, 15) is 0 Å². The molecule has 2 aromatic rings. The predicted octanol–water partition coefficient (Wildman–Crippen LogP) is 5.23. The minimum Gasteiger partial charge on any atom is -0.493 e. The van der Waals surface area contributed by atoms with Crippen LogP contribution in [-0.2, 0) is 13.2 Å². The van der Waals surface area contributed by atoms with Gasteiger partial charge < -0.3 is 14.8 Å². The Labute approximate surface area is 153 Å². The van der Waals surface area contributed by atoms with Crippen molar-refractivity contribution in [1.82, 2.24) is 5.32 Å². The molecule has 0 aliphatic rings. The van der Waals surface area contributed by atoms with E-state index in [0.717, 1.165) is 40.2 Å². The van der Waals surface area contributed by atoms with Crippen LogP contribution in [0.15, 0.2) is 40.9 Å². The van der Waals surface area contributed by atoms with Crippen LogP contribution in [0, 0.1) is 6.92 Å². The number of rotatable bonds is 9. The fourth-order valence-electron chi connectivity index (χ4n) is 2.42. The standard InChI is InChI=1S/C20H26BrNO2/c1-4-5-12-22-13-17-18(21)10-11-19(23-3)20(17)24-14-16-8-6-15(2)7-9-16/h6-11,22H,4-5,12-14H2,1-3H3. The monoisotopic (exact) mass is 391 g/mol. The molecule has 0 aliphatic carbocycles. The molecule has 4 heteroatoms. The Hall–Kier alpha value is -1.52. The van der Waals surface area contributed by atoms with Gasteiger partial charge in [-0.3, -0.25) is 0 Å². The highest BCUT2D eigenvalue weighted by Crippen LogP contribution is 2.36. The molecule has 0 radical (unpaired) electrons. The highest BCUT2D eigenvalue weighted by molar-refractivity contribution is 9.10. The molecule has 3 nitrogen and oxygen atoms in total. The lowest BCUT2D eigenvalue weighted by atomic mass is 10.1. The average Bonchev–Trinajstić information content (AvgIpc) is 2.59. The second kappa shape index (κ2) is 9.70. The summed E-state index contributed by atoms with van der Waals surface area (Å²) >= 11 is 3.64. The largest absolute Gasteiger partial charge is 0.493 e. The van der Waals surface area contributed by atoms with Crippen molar-refractivity contribution in [3.8, 4) is 11.5 Å². The molecule has 1 N–H and O–H groups in total. The summed E-state index contributed by atoms with van der Waals surface area (Å²) < 4.78 is 12.7. The quantitative estimate of drug-likeness (QED) is 0.593. The molecule has 2 rings (SSSR count). The molecule has 0 heterocycles.